The number of nitrogens with zero attached hydrogens (tertiary/aromatic N) is 2. The number of aryl methyl sites for hydroxylation is 1. The number of nitrogens with one attached hydrogen (secondary N) is 1. The summed E-state index contributed by atoms with van der Waals surface area (Å²) in [4.78, 5) is 26.2. The topological polar surface area (TPSA) is 80.4 Å². The zero-order valence-electron chi connectivity index (χ0n) is 16.1. The first-order valence-corrected chi connectivity index (χ1v) is 9.51. The molecule has 1 saturated heterocycles. The molecule has 3 rings (SSSR count). The van der Waals surface area contributed by atoms with Crippen LogP contribution in [0.1, 0.15) is 34.6 Å². The van der Waals surface area contributed by atoms with Gasteiger partial charge >= 0.3 is 0 Å². The van der Waals surface area contributed by atoms with Gasteiger partial charge in [-0.15, -0.1) is 0 Å². The van der Waals surface area contributed by atoms with Gasteiger partial charge in [0.05, 0.1) is 11.5 Å². The first-order valence-electron chi connectivity index (χ1n) is 9.51. The average Bonchev–Trinajstić information content (AvgIpc) is 2.97. The number of aromatic nitrogens is 1. The lowest BCUT2D eigenvalue weighted by molar-refractivity contribution is -0.123. The molecule has 1 aromatic heterocycles. The van der Waals surface area contributed by atoms with Gasteiger partial charge in [0.15, 0.2) is 0 Å². The van der Waals surface area contributed by atoms with Crippen LogP contribution in [0.15, 0.2) is 36.4 Å². The molecule has 6 nitrogen and oxygen atoms in total. The number of carbonyl (C=O) groups is 2. The van der Waals surface area contributed by atoms with Crippen LogP contribution in [0.5, 0.6) is 0 Å². The molecule has 144 valence electrons. The van der Waals surface area contributed by atoms with Crippen molar-refractivity contribution in [3.63, 3.8) is 0 Å². The van der Waals surface area contributed by atoms with E-state index >= 15 is 0 Å². The highest BCUT2D eigenvalue weighted by Gasteiger charge is 2.24. The predicted octanol–water partition coefficient (Wildman–Crippen LogP) is 2.02. The molecule has 0 bridgehead atoms. The zero-order valence-corrected chi connectivity index (χ0v) is 16.1. The number of amides is 2. The van der Waals surface area contributed by atoms with Crippen LogP contribution in [0.3, 0.4) is 0 Å². The molecule has 1 aliphatic rings. The Balaban J connectivity index is 1.60. The average molecular weight is 368 g/mol. The number of likely N-dealkylation sites (tertiary alicyclic amines) is 1. The van der Waals surface area contributed by atoms with Gasteiger partial charge in [-0.1, -0.05) is 18.2 Å². The quantitative estimate of drug-likeness (QED) is 0.819. The third-order valence-corrected chi connectivity index (χ3v) is 5.31. The Labute approximate surface area is 160 Å². The van der Waals surface area contributed by atoms with Gasteiger partial charge in [0.2, 0.25) is 5.91 Å². The Morgan fingerprint density at radius 3 is 2.67 bits per heavy atom. The van der Waals surface area contributed by atoms with Crippen LogP contribution in [-0.2, 0) is 4.79 Å². The van der Waals surface area contributed by atoms with Crippen molar-refractivity contribution in [1.82, 2.24) is 14.8 Å². The lowest BCUT2D eigenvalue weighted by atomic mass is 9.97. The maximum absolute atomic E-state index is 12.7. The van der Waals surface area contributed by atoms with Crippen molar-refractivity contribution in [2.75, 3.05) is 26.2 Å². The second-order valence-corrected chi connectivity index (χ2v) is 7.25. The number of piperidine rings is 1. The second kappa shape index (κ2) is 8.39. The lowest BCUT2D eigenvalue weighted by Crippen LogP contribution is -2.44. The largest absolute Gasteiger partial charge is 0.369 e. The summed E-state index contributed by atoms with van der Waals surface area (Å²) in [7, 11) is 0. The minimum Gasteiger partial charge on any atom is -0.369 e. The summed E-state index contributed by atoms with van der Waals surface area (Å²) in [6, 6.07) is 12.0. The SMILES string of the molecule is Cc1cc(C(=O)NCCN2CCC[C@H](C(N)=O)C2)c(C)n1-c1ccccc1. The summed E-state index contributed by atoms with van der Waals surface area (Å²) in [6.45, 7) is 6.90. The Morgan fingerprint density at radius 1 is 1.22 bits per heavy atom. The molecule has 1 atom stereocenters. The first-order chi connectivity index (χ1) is 13.0. The highest BCUT2D eigenvalue weighted by molar-refractivity contribution is 5.95. The number of hydrogen-bond donors (Lipinski definition) is 2. The molecule has 2 heterocycles. The molecule has 1 aliphatic heterocycles. The van der Waals surface area contributed by atoms with E-state index in [2.05, 4.69) is 14.8 Å². The molecule has 0 saturated carbocycles. The Kier molecular flexibility index (Phi) is 5.96. The molecule has 2 amide bonds. The van der Waals surface area contributed by atoms with Crippen LogP contribution in [-0.4, -0.2) is 47.5 Å². The third-order valence-electron chi connectivity index (χ3n) is 5.31. The van der Waals surface area contributed by atoms with Gasteiger partial charge in [-0.25, -0.2) is 0 Å². The minimum atomic E-state index is -0.225. The van der Waals surface area contributed by atoms with E-state index in [0.717, 1.165) is 43.0 Å². The van der Waals surface area contributed by atoms with Crippen LogP contribution in [0.2, 0.25) is 0 Å². The predicted molar refractivity (Wildman–Crippen MR) is 106 cm³/mol. The van der Waals surface area contributed by atoms with Crippen molar-refractivity contribution >= 4 is 11.8 Å². The van der Waals surface area contributed by atoms with Crippen molar-refractivity contribution in [3.05, 3.63) is 53.3 Å². The zero-order chi connectivity index (χ0) is 19.4. The number of nitrogens with two attached hydrogens (primary N) is 1. The van der Waals surface area contributed by atoms with E-state index in [0.29, 0.717) is 18.7 Å². The molecule has 2 aromatic rings. The van der Waals surface area contributed by atoms with Crippen LogP contribution in [0, 0.1) is 19.8 Å². The summed E-state index contributed by atoms with van der Waals surface area (Å²) in [5, 5.41) is 3.01. The summed E-state index contributed by atoms with van der Waals surface area (Å²) in [5.74, 6) is -0.356. The monoisotopic (exact) mass is 368 g/mol. The third kappa shape index (κ3) is 4.39. The fourth-order valence-electron chi connectivity index (χ4n) is 3.88. The fourth-order valence-corrected chi connectivity index (χ4v) is 3.88. The van der Waals surface area contributed by atoms with Crippen molar-refractivity contribution in [2.24, 2.45) is 11.7 Å². The highest BCUT2D eigenvalue weighted by atomic mass is 16.2. The van der Waals surface area contributed by atoms with Gasteiger partial charge in [-0.3, -0.25) is 9.59 Å². The molecule has 1 fully saturated rings. The second-order valence-electron chi connectivity index (χ2n) is 7.25. The van der Waals surface area contributed by atoms with Crippen LogP contribution < -0.4 is 11.1 Å². The van der Waals surface area contributed by atoms with E-state index in [1.165, 1.54) is 0 Å². The number of para-hydroxylation sites is 1. The molecule has 27 heavy (non-hydrogen) atoms. The summed E-state index contributed by atoms with van der Waals surface area (Å²) < 4.78 is 2.09. The molecule has 6 heteroatoms. The van der Waals surface area contributed by atoms with Crippen molar-refractivity contribution in [1.29, 1.82) is 0 Å². The van der Waals surface area contributed by atoms with Crippen molar-refractivity contribution in [3.8, 4) is 5.69 Å². The maximum Gasteiger partial charge on any atom is 0.253 e. The fraction of sp³-hybridized carbons (Fsp3) is 0.429. The van der Waals surface area contributed by atoms with E-state index in [1.807, 2.05) is 50.2 Å². The van der Waals surface area contributed by atoms with Gasteiger partial charge in [0.25, 0.3) is 5.91 Å². The van der Waals surface area contributed by atoms with E-state index in [4.69, 9.17) is 5.73 Å². The lowest BCUT2D eigenvalue weighted by Gasteiger charge is -2.31. The van der Waals surface area contributed by atoms with E-state index < -0.39 is 0 Å². The minimum absolute atomic E-state index is 0.0614. The Hall–Kier alpha value is -2.60. The molecular weight excluding hydrogens is 340 g/mol. The van der Waals surface area contributed by atoms with Gasteiger partial charge in [-0.05, 0) is 51.4 Å². The van der Waals surface area contributed by atoms with Crippen LogP contribution >= 0.6 is 0 Å². The molecule has 0 spiro atoms. The first kappa shape index (κ1) is 19.2. The molecular formula is C21H28N4O2. The molecule has 0 unspecified atom stereocenters. The molecule has 0 aliphatic carbocycles. The summed E-state index contributed by atoms with van der Waals surface area (Å²) in [6.07, 6.45) is 1.84. The van der Waals surface area contributed by atoms with Gasteiger partial charge < -0.3 is 20.5 Å². The van der Waals surface area contributed by atoms with Crippen molar-refractivity contribution in [2.45, 2.75) is 26.7 Å². The normalized spacial score (nSPS) is 17.6. The maximum atomic E-state index is 12.7. The highest BCUT2D eigenvalue weighted by Crippen LogP contribution is 2.20. The summed E-state index contributed by atoms with van der Waals surface area (Å²) in [5.41, 5.74) is 9.14. The van der Waals surface area contributed by atoms with E-state index in [1.54, 1.807) is 0 Å². The number of rotatable bonds is 6. The number of carbonyl (C=O) groups excluding carboxylic acids is 2. The Bertz CT molecular complexity index is 813. The number of hydrogen-bond acceptors (Lipinski definition) is 3. The van der Waals surface area contributed by atoms with Gasteiger partial charge in [0, 0.05) is 36.7 Å². The standard InChI is InChI=1S/C21H28N4O2/c1-15-13-19(16(2)25(15)18-8-4-3-5-9-18)21(27)23-10-12-24-11-6-7-17(14-24)20(22)26/h3-5,8-9,13,17H,6-7,10-12,14H2,1-2H3,(H2,22,26)(H,23,27)/t17-/m0/s1. The van der Waals surface area contributed by atoms with E-state index in [9.17, 15) is 9.59 Å². The van der Waals surface area contributed by atoms with Gasteiger partial charge in [-0.2, -0.15) is 0 Å². The van der Waals surface area contributed by atoms with Crippen LogP contribution in [0.4, 0.5) is 0 Å². The molecule has 3 N–H and O–H groups in total. The van der Waals surface area contributed by atoms with Crippen molar-refractivity contribution < 1.29 is 9.59 Å². The molecule has 0 radical (unpaired) electrons. The van der Waals surface area contributed by atoms with Gasteiger partial charge in [0.1, 0.15) is 0 Å². The number of benzene rings is 1. The van der Waals surface area contributed by atoms with Crippen LogP contribution in [0.25, 0.3) is 5.69 Å². The molecule has 1 aromatic carbocycles. The van der Waals surface area contributed by atoms with E-state index in [-0.39, 0.29) is 17.7 Å². The Morgan fingerprint density at radius 2 is 1.96 bits per heavy atom. The number of primary amides is 1. The smallest absolute Gasteiger partial charge is 0.253 e. The summed E-state index contributed by atoms with van der Waals surface area (Å²) >= 11 is 0.